The minimum absolute atomic E-state index is 0.000599. The molecule has 82 valence electrons. The van der Waals surface area contributed by atoms with Crippen LogP contribution in [0.5, 0.6) is 0 Å². The first kappa shape index (κ1) is 12.0. The van der Waals surface area contributed by atoms with Crippen LogP contribution in [0.4, 0.5) is 4.39 Å². The summed E-state index contributed by atoms with van der Waals surface area (Å²) in [6.07, 6.45) is 1.08. The lowest BCUT2D eigenvalue weighted by Gasteiger charge is -2.14. The average molecular weight is 229 g/mol. The van der Waals surface area contributed by atoms with E-state index in [1.54, 1.807) is 0 Å². The molecule has 0 aliphatic heterocycles. The quantitative estimate of drug-likeness (QED) is 0.805. The highest BCUT2D eigenvalue weighted by atomic mass is 32.2. The van der Waals surface area contributed by atoms with Crippen molar-refractivity contribution in [2.24, 2.45) is 5.92 Å². The molecule has 1 aromatic heterocycles. The van der Waals surface area contributed by atoms with Crippen LogP contribution in [-0.2, 0) is 4.79 Å². The summed E-state index contributed by atoms with van der Waals surface area (Å²) in [4.78, 5) is 14.7. The number of aromatic nitrogens is 1. The Labute approximate surface area is 91.7 Å². The predicted molar refractivity (Wildman–Crippen MR) is 56.3 cm³/mol. The summed E-state index contributed by atoms with van der Waals surface area (Å²) in [7, 11) is 0. The van der Waals surface area contributed by atoms with Crippen LogP contribution in [0.15, 0.2) is 23.4 Å². The van der Waals surface area contributed by atoms with Crippen molar-refractivity contribution >= 4 is 17.7 Å². The molecule has 1 N–H and O–H groups in total. The summed E-state index contributed by atoms with van der Waals surface area (Å²) < 4.78 is 12.6. The van der Waals surface area contributed by atoms with Gasteiger partial charge in [0.05, 0.1) is 11.2 Å². The van der Waals surface area contributed by atoms with Gasteiger partial charge >= 0.3 is 5.97 Å². The number of carboxylic acids is 1. The van der Waals surface area contributed by atoms with Gasteiger partial charge in [-0.3, -0.25) is 4.79 Å². The standard InChI is InChI=1S/C10H12FNO2S/c1-6(2)9(10(13)14)15-8-4-3-7(11)5-12-8/h3-6,9H,1-2H3,(H,13,14). The molecule has 5 heteroatoms. The van der Waals surface area contributed by atoms with Crippen LogP contribution in [0.3, 0.4) is 0 Å². The van der Waals surface area contributed by atoms with Crippen molar-refractivity contribution in [3.05, 3.63) is 24.1 Å². The maximum atomic E-state index is 12.6. The number of rotatable bonds is 4. The second kappa shape index (κ2) is 5.11. The molecular formula is C10H12FNO2S. The number of halogens is 1. The van der Waals surface area contributed by atoms with Gasteiger partial charge in [0.25, 0.3) is 0 Å². The van der Waals surface area contributed by atoms with Gasteiger partial charge in [0.2, 0.25) is 0 Å². The Kier molecular flexibility index (Phi) is 4.08. The molecule has 1 aromatic rings. The molecule has 0 saturated carbocycles. The molecule has 0 aliphatic rings. The van der Waals surface area contributed by atoms with Crippen LogP contribution in [0.25, 0.3) is 0 Å². The molecule has 1 atom stereocenters. The third-order valence-electron chi connectivity index (χ3n) is 1.80. The van der Waals surface area contributed by atoms with E-state index in [0.29, 0.717) is 5.03 Å². The lowest BCUT2D eigenvalue weighted by Crippen LogP contribution is -2.22. The van der Waals surface area contributed by atoms with Crippen molar-refractivity contribution in [1.82, 2.24) is 4.98 Å². The fourth-order valence-corrected chi connectivity index (χ4v) is 1.93. The van der Waals surface area contributed by atoms with E-state index in [9.17, 15) is 9.18 Å². The first-order chi connectivity index (χ1) is 7.00. The normalized spacial score (nSPS) is 12.8. The van der Waals surface area contributed by atoms with Crippen LogP contribution in [-0.4, -0.2) is 21.3 Å². The van der Waals surface area contributed by atoms with Crippen LogP contribution in [0.2, 0.25) is 0 Å². The minimum Gasteiger partial charge on any atom is -0.480 e. The zero-order chi connectivity index (χ0) is 11.4. The Bertz CT molecular complexity index is 340. The predicted octanol–water partition coefficient (Wildman–Crippen LogP) is 2.42. The zero-order valence-electron chi connectivity index (χ0n) is 8.48. The molecule has 1 heterocycles. The Morgan fingerprint density at radius 2 is 2.20 bits per heavy atom. The highest BCUT2D eigenvalue weighted by Crippen LogP contribution is 2.26. The lowest BCUT2D eigenvalue weighted by atomic mass is 10.1. The minimum atomic E-state index is -0.874. The maximum absolute atomic E-state index is 12.6. The molecule has 3 nitrogen and oxygen atoms in total. The number of carbonyl (C=O) groups is 1. The first-order valence-corrected chi connectivity index (χ1v) is 5.39. The van der Waals surface area contributed by atoms with Gasteiger partial charge in [-0.2, -0.15) is 0 Å². The molecule has 1 rings (SSSR count). The van der Waals surface area contributed by atoms with E-state index in [-0.39, 0.29) is 5.92 Å². The lowest BCUT2D eigenvalue weighted by molar-refractivity contribution is -0.137. The number of hydrogen-bond acceptors (Lipinski definition) is 3. The number of pyridine rings is 1. The Morgan fingerprint density at radius 3 is 2.60 bits per heavy atom. The van der Waals surface area contributed by atoms with Crippen molar-refractivity contribution in [1.29, 1.82) is 0 Å². The Morgan fingerprint density at radius 1 is 1.53 bits per heavy atom. The third-order valence-corrected chi connectivity index (χ3v) is 3.28. The van der Waals surface area contributed by atoms with E-state index < -0.39 is 17.0 Å². The van der Waals surface area contributed by atoms with Crippen molar-refractivity contribution in [2.75, 3.05) is 0 Å². The van der Waals surface area contributed by atoms with Gasteiger partial charge in [-0.05, 0) is 18.1 Å². The highest BCUT2D eigenvalue weighted by Gasteiger charge is 2.23. The monoisotopic (exact) mass is 229 g/mol. The number of carboxylic acid groups (broad SMARTS) is 1. The zero-order valence-corrected chi connectivity index (χ0v) is 9.29. The summed E-state index contributed by atoms with van der Waals surface area (Å²) >= 11 is 1.14. The van der Waals surface area contributed by atoms with E-state index in [1.165, 1.54) is 12.1 Å². The molecule has 1 unspecified atom stereocenters. The average Bonchev–Trinajstić information content (AvgIpc) is 2.15. The van der Waals surface area contributed by atoms with Crippen molar-refractivity contribution < 1.29 is 14.3 Å². The second-order valence-corrected chi connectivity index (χ2v) is 4.60. The summed E-state index contributed by atoms with van der Waals surface area (Å²) in [5.74, 6) is -1.30. The molecule has 15 heavy (non-hydrogen) atoms. The van der Waals surface area contributed by atoms with Gasteiger partial charge in [0.1, 0.15) is 11.1 Å². The molecule has 0 aromatic carbocycles. The smallest absolute Gasteiger partial charge is 0.317 e. The fourth-order valence-electron chi connectivity index (χ4n) is 1.03. The molecule has 0 amide bonds. The molecule has 0 spiro atoms. The summed E-state index contributed by atoms with van der Waals surface area (Å²) in [5, 5.41) is 8.91. The summed E-state index contributed by atoms with van der Waals surface area (Å²) in [5.41, 5.74) is 0. The van der Waals surface area contributed by atoms with Gasteiger partial charge in [-0.15, -0.1) is 0 Å². The fraction of sp³-hybridized carbons (Fsp3) is 0.400. The molecule has 0 radical (unpaired) electrons. The maximum Gasteiger partial charge on any atom is 0.317 e. The van der Waals surface area contributed by atoms with Crippen molar-refractivity contribution in [3.8, 4) is 0 Å². The van der Waals surface area contributed by atoms with Crippen molar-refractivity contribution in [3.63, 3.8) is 0 Å². The summed E-state index contributed by atoms with van der Waals surface area (Å²) in [6.45, 7) is 3.66. The molecule has 0 bridgehead atoms. The van der Waals surface area contributed by atoms with E-state index in [1.807, 2.05) is 13.8 Å². The number of thioether (sulfide) groups is 1. The van der Waals surface area contributed by atoms with Gasteiger partial charge in [-0.25, -0.2) is 9.37 Å². The SMILES string of the molecule is CC(C)C(Sc1ccc(F)cn1)C(=O)O. The highest BCUT2D eigenvalue weighted by molar-refractivity contribution is 8.00. The Balaban J connectivity index is 2.74. The summed E-state index contributed by atoms with van der Waals surface area (Å²) in [6, 6.07) is 2.76. The van der Waals surface area contributed by atoms with Crippen LogP contribution >= 0.6 is 11.8 Å². The topological polar surface area (TPSA) is 50.2 Å². The Hall–Kier alpha value is -1.10. The van der Waals surface area contributed by atoms with Gasteiger partial charge < -0.3 is 5.11 Å². The molecular weight excluding hydrogens is 217 g/mol. The third kappa shape index (κ3) is 3.51. The molecule has 0 fully saturated rings. The first-order valence-electron chi connectivity index (χ1n) is 4.51. The van der Waals surface area contributed by atoms with Gasteiger partial charge in [0.15, 0.2) is 0 Å². The van der Waals surface area contributed by atoms with E-state index in [4.69, 9.17) is 5.11 Å². The number of hydrogen-bond donors (Lipinski definition) is 1. The number of aliphatic carboxylic acids is 1. The van der Waals surface area contributed by atoms with Gasteiger partial charge in [-0.1, -0.05) is 25.6 Å². The molecule has 0 saturated heterocycles. The van der Waals surface area contributed by atoms with Gasteiger partial charge in [0, 0.05) is 0 Å². The van der Waals surface area contributed by atoms with E-state index >= 15 is 0 Å². The van der Waals surface area contributed by atoms with Crippen LogP contribution in [0.1, 0.15) is 13.8 Å². The molecule has 0 aliphatic carbocycles. The van der Waals surface area contributed by atoms with Crippen LogP contribution in [0, 0.1) is 11.7 Å². The second-order valence-electron chi connectivity index (χ2n) is 3.44. The van der Waals surface area contributed by atoms with Crippen LogP contribution < -0.4 is 0 Å². The number of nitrogens with zero attached hydrogens (tertiary/aromatic N) is 1. The van der Waals surface area contributed by atoms with Crippen molar-refractivity contribution in [2.45, 2.75) is 24.1 Å². The largest absolute Gasteiger partial charge is 0.480 e. The van der Waals surface area contributed by atoms with E-state index in [2.05, 4.69) is 4.98 Å². The van der Waals surface area contributed by atoms with E-state index in [0.717, 1.165) is 18.0 Å².